The minimum Gasteiger partial charge on any atom is -0.443 e. The van der Waals surface area contributed by atoms with Gasteiger partial charge in [0.2, 0.25) is 5.89 Å². The van der Waals surface area contributed by atoms with Crippen LogP contribution in [0.25, 0.3) is 10.8 Å². The van der Waals surface area contributed by atoms with E-state index in [9.17, 15) is 0 Å². The summed E-state index contributed by atoms with van der Waals surface area (Å²) in [6.07, 6.45) is 4.03. The molecule has 0 bridgehead atoms. The first-order chi connectivity index (χ1) is 15.2. The molecular formula is C24H31IN4O2S. The van der Waals surface area contributed by atoms with Crippen LogP contribution in [-0.2, 0) is 11.3 Å². The van der Waals surface area contributed by atoms with E-state index in [2.05, 4.69) is 53.7 Å². The molecule has 2 N–H and O–H groups in total. The molecule has 0 aliphatic carbocycles. The van der Waals surface area contributed by atoms with E-state index in [1.807, 2.05) is 17.5 Å². The number of hydrogen-bond donors (Lipinski definition) is 2. The Hall–Kier alpha value is -1.91. The Morgan fingerprint density at radius 1 is 1.22 bits per heavy atom. The Morgan fingerprint density at radius 2 is 2.06 bits per heavy atom. The van der Waals surface area contributed by atoms with Crippen LogP contribution in [0.5, 0.6) is 0 Å². The predicted molar refractivity (Wildman–Crippen MR) is 141 cm³/mol. The van der Waals surface area contributed by atoms with Gasteiger partial charge >= 0.3 is 0 Å². The third kappa shape index (κ3) is 6.55. The molecule has 3 heterocycles. The molecule has 2 atom stereocenters. The SMILES string of the molecule is CCNC(=NCc1coc(-c2cccs2)n1)NCC1CCCOC1c1ccc(C)cc1.I. The summed E-state index contributed by atoms with van der Waals surface area (Å²) in [4.78, 5) is 10.3. The van der Waals surface area contributed by atoms with E-state index in [4.69, 9.17) is 14.1 Å². The summed E-state index contributed by atoms with van der Waals surface area (Å²) in [6.45, 7) is 7.08. The number of nitrogens with one attached hydrogen (secondary N) is 2. The maximum atomic E-state index is 6.15. The highest BCUT2D eigenvalue weighted by atomic mass is 127. The third-order valence-corrected chi connectivity index (χ3v) is 6.27. The number of thiophene rings is 1. The largest absolute Gasteiger partial charge is 0.443 e. The minimum absolute atomic E-state index is 0. The second-order valence-electron chi connectivity index (χ2n) is 7.80. The van der Waals surface area contributed by atoms with Crippen LogP contribution >= 0.6 is 35.3 Å². The number of halogens is 1. The van der Waals surface area contributed by atoms with Gasteiger partial charge in [0, 0.05) is 25.6 Å². The molecule has 0 saturated carbocycles. The quantitative estimate of drug-likeness (QED) is 0.223. The van der Waals surface area contributed by atoms with Crippen LogP contribution < -0.4 is 10.6 Å². The molecular weight excluding hydrogens is 535 g/mol. The predicted octanol–water partition coefficient (Wildman–Crippen LogP) is 5.55. The van der Waals surface area contributed by atoms with Crippen molar-refractivity contribution >= 4 is 41.3 Å². The Labute approximate surface area is 210 Å². The fraction of sp³-hybridized carbons (Fsp3) is 0.417. The van der Waals surface area contributed by atoms with Crippen LogP contribution in [0, 0.1) is 12.8 Å². The number of aromatic nitrogens is 1. The third-order valence-electron chi connectivity index (χ3n) is 5.41. The van der Waals surface area contributed by atoms with Crippen molar-refractivity contribution in [3.63, 3.8) is 0 Å². The molecule has 2 aromatic heterocycles. The fourth-order valence-corrected chi connectivity index (χ4v) is 4.45. The zero-order valence-corrected chi connectivity index (χ0v) is 21.7. The average molecular weight is 567 g/mol. The lowest BCUT2D eigenvalue weighted by molar-refractivity contribution is -0.0265. The van der Waals surface area contributed by atoms with Crippen LogP contribution in [0.3, 0.4) is 0 Å². The van der Waals surface area contributed by atoms with Gasteiger partial charge in [-0.05, 0) is 43.7 Å². The minimum atomic E-state index is 0. The Balaban J connectivity index is 0.00000289. The summed E-state index contributed by atoms with van der Waals surface area (Å²) >= 11 is 1.62. The van der Waals surface area contributed by atoms with Gasteiger partial charge in [0.25, 0.3) is 0 Å². The van der Waals surface area contributed by atoms with Gasteiger partial charge < -0.3 is 19.8 Å². The molecule has 1 fully saturated rings. The van der Waals surface area contributed by atoms with E-state index < -0.39 is 0 Å². The van der Waals surface area contributed by atoms with Gasteiger partial charge in [0.15, 0.2) is 5.96 Å². The standard InChI is InChI=1S/C24H30N4O2S.HI/c1-3-25-24(27-15-20-16-30-23(28-20)21-7-5-13-31-21)26-14-19-6-4-12-29-22(19)18-10-8-17(2)9-11-18;/h5,7-11,13,16,19,22H,3-4,6,12,14-15H2,1-2H3,(H2,25,26,27);1H. The van der Waals surface area contributed by atoms with Gasteiger partial charge in [-0.3, -0.25) is 0 Å². The zero-order chi connectivity index (χ0) is 21.5. The number of rotatable bonds is 7. The van der Waals surface area contributed by atoms with E-state index in [0.29, 0.717) is 18.4 Å². The summed E-state index contributed by atoms with van der Waals surface area (Å²) in [6, 6.07) is 12.7. The van der Waals surface area contributed by atoms with Crippen molar-refractivity contribution in [1.82, 2.24) is 15.6 Å². The van der Waals surface area contributed by atoms with Gasteiger partial charge in [0.05, 0.1) is 17.5 Å². The van der Waals surface area contributed by atoms with E-state index in [0.717, 1.165) is 49.1 Å². The normalized spacial score (nSPS) is 18.8. The summed E-state index contributed by atoms with van der Waals surface area (Å²) in [7, 11) is 0. The summed E-state index contributed by atoms with van der Waals surface area (Å²) in [5, 5.41) is 8.86. The zero-order valence-electron chi connectivity index (χ0n) is 18.5. The van der Waals surface area contributed by atoms with E-state index in [1.165, 1.54) is 11.1 Å². The molecule has 172 valence electrons. The number of aliphatic imine (C=N–C) groups is 1. The molecule has 1 aliphatic rings. The van der Waals surface area contributed by atoms with Crippen molar-refractivity contribution in [2.75, 3.05) is 19.7 Å². The molecule has 0 amide bonds. The van der Waals surface area contributed by atoms with Crippen molar-refractivity contribution in [2.45, 2.75) is 39.3 Å². The monoisotopic (exact) mass is 566 g/mol. The molecule has 8 heteroatoms. The molecule has 32 heavy (non-hydrogen) atoms. The molecule has 4 rings (SSSR count). The first kappa shape index (κ1) is 24.7. The number of guanidine groups is 1. The number of ether oxygens (including phenoxy) is 1. The highest BCUT2D eigenvalue weighted by molar-refractivity contribution is 14.0. The molecule has 1 aromatic carbocycles. The smallest absolute Gasteiger partial charge is 0.236 e. The number of hydrogen-bond acceptors (Lipinski definition) is 5. The molecule has 1 aliphatic heterocycles. The van der Waals surface area contributed by atoms with Crippen molar-refractivity contribution in [1.29, 1.82) is 0 Å². The lowest BCUT2D eigenvalue weighted by Gasteiger charge is -2.32. The number of aryl methyl sites for hydroxylation is 1. The first-order valence-corrected chi connectivity index (χ1v) is 11.8. The Morgan fingerprint density at radius 3 is 2.81 bits per heavy atom. The van der Waals surface area contributed by atoms with Gasteiger partial charge in [-0.15, -0.1) is 35.3 Å². The second-order valence-corrected chi connectivity index (χ2v) is 8.75. The van der Waals surface area contributed by atoms with Gasteiger partial charge in [-0.1, -0.05) is 35.9 Å². The highest BCUT2D eigenvalue weighted by Crippen LogP contribution is 2.33. The van der Waals surface area contributed by atoms with Gasteiger partial charge in [-0.2, -0.15) is 0 Å². The molecule has 0 radical (unpaired) electrons. The number of nitrogens with zero attached hydrogens (tertiary/aromatic N) is 2. The summed E-state index contributed by atoms with van der Waals surface area (Å²) < 4.78 is 11.8. The molecule has 1 saturated heterocycles. The number of oxazole rings is 1. The van der Waals surface area contributed by atoms with E-state index >= 15 is 0 Å². The van der Waals surface area contributed by atoms with Crippen molar-refractivity contribution in [2.24, 2.45) is 10.9 Å². The van der Waals surface area contributed by atoms with Gasteiger partial charge in [0.1, 0.15) is 12.0 Å². The van der Waals surface area contributed by atoms with Crippen molar-refractivity contribution in [3.8, 4) is 10.8 Å². The van der Waals surface area contributed by atoms with Gasteiger partial charge in [-0.25, -0.2) is 9.98 Å². The number of benzene rings is 1. The summed E-state index contributed by atoms with van der Waals surface area (Å²) in [5.41, 5.74) is 3.34. The van der Waals surface area contributed by atoms with Crippen LogP contribution in [0.4, 0.5) is 0 Å². The summed E-state index contributed by atoms with van der Waals surface area (Å²) in [5.74, 6) is 1.84. The van der Waals surface area contributed by atoms with Crippen LogP contribution in [-0.4, -0.2) is 30.6 Å². The van der Waals surface area contributed by atoms with E-state index in [1.54, 1.807) is 17.6 Å². The van der Waals surface area contributed by atoms with Crippen LogP contribution in [0.2, 0.25) is 0 Å². The van der Waals surface area contributed by atoms with Crippen LogP contribution in [0.15, 0.2) is 57.5 Å². The van der Waals surface area contributed by atoms with Crippen molar-refractivity contribution in [3.05, 3.63) is 64.9 Å². The Kier molecular flexibility index (Phi) is 9.55. The lowest BCUT2D eigenvalue weighted by Crippen LogP contribution is -2.42. The van der Waals surface area contributed by atoms with Crippen LogP contribution in [0.1, 0.15) is 42.7 Å². The molecule has 0 spiro atoms. The topological polar surface area (TPSA) is 71.7 Å². The molecule has 6 nitrogen and oxygen atoms in total. The maximum absolute atomic E-state index is 6.15. The molecule has 2 unspecified atom stereocenters. The van der Waals surface area contributed by atoms with E-state index in [-0.39, 0.29) is 30.1 Å². The fourth-order valence-electron chi connectivity index (χ4n) is 3.80. The Bertz CT molecular complexity index is 972. The second kappa shape index (κ2) is 12.4. The maximum Gasteiger partial charge on any atom is 0.236 e. The highest BCUT2D eigenvalue weighted by Gasteiger charge is 2.27. The van der Waals surface area contributed by atoms with Crippen molar-refractivity contribution < 1.29 is 9.15 Å². The first-order valence-electron chi connectivity index (χ1n) is 10.9. The molecule has 3 aromatic rings. The lowest BCUT2D eigenvalue weighted by atomic mass is 9.89. The average Bonchev–Trinajstić information content (AvgIpc) is 3.48.